The van der Waals surface area contributed by atoms with Crippen molar-refractivity contribution in [2.45, 2.75) is 19.3 Å². The Morgan fingerprint density at radius 3 is 2.52 bits per heavy atom. The second-order valence-corrected chi connectivity index (χ2v) is 10.1. The molecule has 1 heterocycles. The summed E-state index contributed by atoms with van der Waals surface area (Å²) >= 11 is 1.58. The molecule has 0 spiro atoms. The first-order valence-corrected chi connectivity index (χ1v) is 11.8. The molecule has 140 valence electrons. The number of phenolic OH excluding ortho intramolecular Hbond substituents is 1. The van der Waals surface area contributed by atoms with Gasteiger partial charge < -0.3 is 5.11 Å². The fourth-order valence-electron chi connectivity index (χ4n) is 2.32. The van der Waals surface area contributed by atoms with Crippen molar-refractivity contribution < 1.29 is 26.7 Å². The highest BCUT2D eigenvalue weighted by atomic mass is 127. The topological polar surface area (TPSA) is 124 Å². The molecule has 0 aromatic heterocycles. The molecule has 0 unspecified atom stereocenters. The number of nitrogens with zero attached hydrogens (tertiary/aromatic N) is 2. The van der Waals surface area contributed by atoms with Gasteiger partial charge >= 0.3 is 0 Å². The van der Waals surface area contributed by atoms with Crippen LogP contribution in [0.3, 0.4) is 0 Å². The number of carbonyl (C=O) groups excluding carboxylic acids is 1. The smallest absolute Gasteiger partial charge is 0.268 e. The van der Waals surface area contributed by atoms with Crippen LogP contribution in [0.4, 0.5) is 5.69 Å². The second-order valence-electron chi connectivity index (χ2n) is 5.60. The van der Waals surface area contributed by atoms with Crippen LogP contribution in [0.2, 0.25) is 0 Å². The van der Waals surface area contributed by atoms with E-state index in [1.165, 1.54) is 12.1 Å². The van der Waals surface area contributed by atoms with Gasteiger partial charge in [0, 0.05) is 6.54 Å². The van der Waals surface area contributed by atoms with Gasteiger partial charge in [-0.25, -0.2) is 21.6 Å². The average Bonchev–Trinajstić information content (AvgIpc) is 2.66. The van der Waals surface area contributed by atoms with Gasteiger partial charge in [0.05, 0.1) is 29.1 Å². The van der Waals surface area contributed by atoms with Crippen LogP contribution in [0.15, 0.2) is 18.2 Å². The molecule has 12 heteroatoms. The molecule has 1 aromatic rings. The minimum absolute atomic E-state index is 0.0164. The van der Waals surface area contributed by atoms with Crippen molar-refractivity contribution in [3.8, 4) is 5.75 Å². The molecule has 2 N–H and O–H groups in total. The summed E-state index contributed by atoms with van der Waals surface area (Å²) in [6.07, 6.45) is 3.02. The normalized spacial score (nSPS) is 17.3. The molecule has 2 rings (SSSR count). The van der Waals surface area contributed by atoms with Crippen molar-refractivity contribution in [1.29, 1.82) is 0 Å². The highest BCUT2D eigenvalue weighted by molar-refractivity contribution is 14.1. The number of amides is 1. The maximum absolute atomic E-state index is 12.0. The molecule has 1 amide bonds. The van der Waals surface area contributed by atoms with Gasteiger partial charge in [-0.3, -0.25) is 4.79 Å². The Labute approximate surface area is 160 Å². The third-order valence-corrected chi connectivity index (χ3v) is 6.93. The summed E-state index contributed by atoms with van der Waals surface area (Å²) in [5.41, 5.74) is 0.797. The molecule has 0 atom stereocenters. The number of aromatic hydroxyl groups is 1. The first-order chi connectivity index (χ1) is 11.5. The van der Waals surface area contributed by atoms with E-state index >= 15 is 0 Å². The molecule has 1 aliphatic rings. The van der Waals surface area contributed by atoms with Crippen LogP contribution in [0, 0.1) is 0 Å². The first-order valence-electron chi connectivity index (χ1n) is 7.29. The van der Waals surface area contributed by atoms with Gasteiger partial charge in [0.1, 0.15) is 11.4 Å². The fourth-order valence-corrected chi connectivity index (χ4v) is 5.60. The van der Waals surface area contributed by atoms with E-state index in [9.17, 15) is 26.7 Å². The van der Waals surface area contributed by atoms with Crippen molar-refractivity contribution in [1.82, 2.24) is 7.94 Å². The zero-order valence-electron chi connectivity index (χ0n) is 13.3. The number of halogens is 1. The minimum Gasteiger partial charge on any atom is -0.506 e. The monoisotopic (exact) mass is 503 g/mol. The lowest BCUT2D eigenvalue weighted by molar-refractivity contribution is -0.121. The Balaban J connectivity index is 2.03. The van der Waals surface area contributed by atoms with Gasteiger partial charge in [0.25, 0.3) is 15.9 Å². The van der Waals surface area contributed by atoms with E-state index in [0.717, 1.165) is 19.5 Å². The Kier molecular flexibility index (Phi) is 6.17. The van der Waals surface area contributed by atoms with Gasteiger partial charge in [-0.1, -0.05) is 6.07 Å². The first kappa shape index (κ1) is 20.2. The lowest BCUT2D eigenvalue weighted by Crippen LogP contribution is -2.33. The van der Waals surface area contributed by atoms with E-state index in [1.807, 2.05) is 0 Å². The zero-order chi connectivity index (χ0) is 18.8. The predicted molar refractivity (Wildman–Crippen MR) is 101 cm³/mol. The fraction of sp³-hybridized carbons (Fsp3) is 0.462. The number of phenols is 1. The Morgan fingerprint density at radius 1 is 1.32 bits per heavy atom. The Bertz CT molecular complexity index is 872. The van der Waals surface area contributed by atoms with E-state index in [4.69, 9.17) is 0 Å². The molecule has 1 saturated heterocycles. The molecule has 0 radical (unpaired) electrons. The van der Waals surface area contributed by atoms with Gasteiger partial charge in [0.15, 0.2) is 5.75 Å². The van der Waals surface area contributed by atoms with Crippen LogP contribution < -0.4 is 9.14 Å². The summed E-state index contributed by atoms with van der Waals surface area (Å²) in [4.78, 5) is 11.6. The SMILES string of the molecule is CS(=O)(=O)NCCCCc1ccc(N2N(I)C(=O)CS2(=O)=O)c(O)c1. The highest BCUT2D eigenvalue weighted by Crippen LogP contribution is 2.36. The van der Waals surface area contributed by atoms with E-state index < -0.39 is 31.7 Å². The highest BCUT2D eigenvalue weighted by Gasteiger charge is 2.42. The van der Waals surface area contributed by atoms with Crippen molar-refractivity contribution in [2.75, 3.05) is 23.0 Å². The van der Waals surface area contributed by atoms with E-state index in [2.05, 4.69) is 4.72 Å². The maximum Gasteiger partial charge on any atom is 0.268 e. The Morgan fingerprint density at radius 2 is 2.00 bits per heavy atom. The predicted octanol–water partition coefficient (Wildman–Crippen LogP) is 0.507. The number of hydrogen-bond acceptors (Lipinski definition) is 6. The summed E-state index contributed by atoms with van der Waals surface area (Å²) in [5, 5.41) is 10.2. The van der Waals surface area contributed by atoms with Crippen LogP contribution in [0.25, 0.3) is 0 Å². The number of aryl methyl sites for hydroxylation is 1. The zero-order valence-corrected chi connectivity index (χ0v) is 17.1. The third kappa shape index (κ3) is 5.18. The van der Waals surface area contributed by atoms with Crippen molar-refractivity contribution in [3.63, 3.8) is 0 Å². The van der Waals surface area contributed by atoms with Crippen molar-refractivity contribution in [3.05, 3.63) is 23.8 Å². The quantitative estimate of drug-likeness (QED) is 0.318. The van der Waals surface area contributed by atoms with E-state index in [0.29, 0.717) is 25.8 Å². The molecule has 9 nitrogen and oxygen atoms in total. The molecule has 1 aliphatic heterocycles. The van der Waals surface area contributed by atoms with E-state index in [1.54, 1.807) is 28.9 Å². The van der Waals surface area contributed by atoms with Crippen LogP contribution in [-0.2, 0) is 31.3 Å². The molecule has 0 saturated carbocycles. The van der Waals surface area contributed by atoms with Crippen molar-refractivity contribution in [2.24, 2.45) is 0 Å². The standard InChI is InChI=1S/C13H18IN3O6S2/c1-24(20,21)15-7-3-2-4-10-5-6-11(12(18)8-10)17-16(14)13(19)9-25(17,22)23/h5-6,8,15,18H,2-4,7,9H2,1H3. The summed E-state index contributed by atoms with van der Waals surface area (Å²) in [6, 6.07) is 4.56. The van der Waals surface area contributed by atoms with Crippen LogP contribution in [0.5, 0.6) is 5.75 Å². The number of rotatable bonds is 7. The van der Waals surface area contributed by atoms with Crippen LogP contribution in [-0.4, -0.2) is 49.6 Å². The number of hydrazine groups is 1. The second kappa shape index (κ2) is 7.63. The molecule has 1 fully saturated rings. The number of carbonyl (C=O) groups is 1. The summed E-state index contributed by atoms with van der Waals surface area (Å²) in [6.45, 7) is 0.334. The van der Waals surface area contributed by atoms with Crippen LogP contribution in [0.1, 0.15) is 18.4 Å². The van der Waals surface area contributed by atoms with Crippen LogP contribution >= 0.6 is 22.9 Å². The van der Waals surface area contributed by atoms with E-state index in [-0.39, 0.29) is 11.4 Å². The number of nitrogens with one attached hydrogen (secondary N) is 1. The summed E-state index contributed by atoms with van der Waals surface area (Å²) < 4.78 is 50.1. The summed E-state index contributed by atoms with van der Waals surface area (Å²) in [5.74, 6) is -1.46. The number of unbranched alkanes of at least 4 members (excludes halogenated alkanes) is 1. The molecular weight excluding hydrogens is 485 g/mol. The van der Waals surface area contributed by atoms with Crippen molar-refractivity contribution >= 4 is 54.5 Å². The number of hydrogen-bond donors (Lipinski definition) is 2. The van der Waals surface area contributed by atoms with Gasteiger partial charge in [0.2, 0.25) is 10.0 Å². The molecule has 25 heavy (non-hydrogen) atoms. The summed E-state index contributed by atoms with van der Waals surface area (Å²) in [7, 11) is -7.03. The third-order valence-electron chi connectivity index (χ3n) is 3.44. The minimum atomic E-state index is -3.84. The molecule has 1 aromatic carbocycles. The van der Waals surface area contributed by atoms with Gasteiger partial charge in [-0.2, -0.15) is 7.64 Å². The lowest BCUT2D eigenvalue weighted by Gasteiger charge is -2.23. The number of benzene rings is 1. The van der Waals surface area contributed by atoms with Gasteiger partial charge in [-0.15, -0.1) is 0 Å². The average molecular weight is 503 g/mol. The largest absolute Gasteiger partial charge is 0.506 e. The number of sulfonamides is 2. The molecular formula is C13H18IN3O6S2. The lowest BCUT2D eigenvalue weighted by atomic mass is 10.1. The number of anilines is 1. The molecule has 0 bridgehead atoms. The Hall–Kier alpha value is -1.12. The van der Waals surface area contributed by atoms with Gasteiger partial charge in [-0.05, 0) is 37.0 Å². The molecule has 0 aliphatic carbocycles. The maximum atomic E-state index is 12.0.